The topological polar surface area (TPSA) is 56.4 Å². The Hall–Kier alpha value is -0.790. The fourth-order valence-electron chi connectivity index (χ4n) is 3.97. The molecule has 1 amide bonds. The number of rotatable bonds is 2. The van der Waals surface area contributed by atoms with Crippen LogP contribution in [0.4, 0.5) is 0 Å². The molecule has 5 nitrogen and oxygen atoms in total. The fraction of sp³-hybridized carbons (Fsp3) is 0.588. The molecule has 1 aromatic rings. The standard InChI is InChI=1S/C17H23ClN4OS/c18-12-3-1-11(2-4-12)15-10-24-8-7-22(15)17(23)16-13-9-19-6-5-14(13)20-21-16/h1-4,13-16,19-21H,5-10H2. The average molecular weight is 367 g/mol. The number of fused-ring (bicyclic) bond motifs is 1. The van der Waals surface area contributed by atoms with Crippen molar-refractivity contribution in [2.75, 3.05) is 31.1 Å². The van der Waals surface area contributed by atoms with Gasteiger partial charge >= 0.3 is 0 Å². The van der Waals surface area contributed by atoms with Crippen LogP contribution in [0.5, 0.6) is 0 Å². The van der Waals surface area contributed by atoms with Gasteiger partial charge in [-0.2, -0.15) is 11.8 Å². The Morgan fingerprint density at radius 2 is 2.08 bits per heavy atom. The van der Waals surface area contributed by atoms with Crippen molar-refractivity contribution in [2.24, 2.45) is 5.92 Å². The first-order chi connectivity index (χ1) is 11.7. The summed E-state index contributed by atoms with van der Waals surface area (Å²) < 4.78 is 0. The highest BCUT2D eigenvalue weighted by molar-refractivity contribution is 7.99. The molecule has 24 heavy (non-hydrogen) atoms. The van der Waals surface area contributed by atoms with Gasteiger partial charge in [0.15, 0.2) is 0 Å². The number of nitrogens with zero attached hydrogens (tertiary/aromatic N) is 1. The van der Waals surface area contributed by atoms with Crippen LogP contribution in [0, 0.1) is 5.92 Å². The van der Waals surface area contributed by atoms with E-state index in [0.29, 0.717) is 12.0 Å². The van der Waals surface area contributed by atoms with Gasteiger partial charge in [0.25, 0.3) is 0 Å². The molecular formula is C17H23ClN4OS. The molecule has 0 bridgehead atoms. The zero-order valence-electron chi connectivity index (χ0n) is 13.5. The largest absolute Gasteiger partial charge is 0.333 e. The number of hydrazine groups is 1. The van der Waals surface area contributed by atoms with Gasteiger partial charge in [-0.1, -0.05) is 23.7 Å². The van der Waals surface area contributed by atoms with Crippen molar-refractivity contribution in [3.8, 4) is 0 Å². The first-order valence-electron chi connectivity index (χ1n) is 8.59. The van der Waals surface area contributed by atoms with Crippen LogP contribution in [0.25, 0.3) is 0 Å². The minimum Gasteiger partial charge on any atom is -0.333 e. The number of benzene rings is 1. The summed E-state index contributed by atoms with van der Waals surface area (Å²) >= 11 is 7.93. The highest BCUT2D eigenvalue weighted by Gasteiger charge is 2.44. The molecule has 3 N–H and O–H groups in total. The summed E-state index contributed by atoms with van der Waals surface area (Å²) in [6, 6.07) is 8.30. The highest BCUT2D eigenvalue weighted by atomic mass is 35.5. The van der Waals surface area contributed by atoms with Crippen molar-refractivity contribution < 1.29 is 4.79 Å². The molecule has 0 aromatic heterocycles. The minimum atomic E-state index is -0.138. The average Bonchev–Trinajstić information content (AvgIpc) is 3.06. The van der Waals surface area contributed by atoms with Gasteiger partial charge in [0.2, 0.25) is 5.91 Å². The van der Waals surface area contributed by atoms with Gasteiger partial charge < -0.3 is 10.2 Å². The first-order valence-corrected chi connectivity index (χ1v) is 10.1. The van der Waals surface area contributed by atoms with Gasteiger partial charge in [-0.15, -0.1) is 0 Å². The molecule has 3 aliphatic heterocycles. The molecule has 130 valence electrons. The third-order valence-corrected chi connectivity index (χ3v) is 6.59. The van der Waals surface area contributed by atoms with Crippen LogP contribution in [-0.2, 0) is 4.79 Å². The SMILES string of the molecule is O=C(C1NNC2CCNCC21)N1CCSCC1c1ccc(Cl)cc1. The monoisotopic (exact) mass is 366 g/mol. The quantitative estimate of drug-likeness (QED) is 0.739. The Morgan fingerprint density at radius 1 is 1.25 bits per heavy atom. The molecule has 3 heterocycles. The lowest BCUT2D eigenvalue weighted by molar-refractivity contribution is -0.136. The van der Waals surface area contributed by atoms with Crippen molar-refractivity contribution >= 4 is 29.3 Å². The number of amides is 1. The molecular weight excluding hydrogens is 344 g/mol. The van der Waals surface area contributed by atoms with E-state index in [1.54, 1.807) is 0 Å². The van der Waals surface area contributed by atoms with Gasteiger partial charge in [-0.05, 0) is 30.7 Å². The van der Waals surface area contributed by atoms with Crippen LogP contribution in [0.15, 0.2) is 24.3 Å². The second kappa shape index (κ2) is 7.22. The zero-order valence-corrected chi connectivity index (χ0v) is 15.1. The molecule has 4 atom stereocenters. The Labute approximate surface area is 151 Å². The number of hydrogen-bond donors (Lipinski definition) is 3. The van der Waals surface area contributed by atoms with E-state index < -0.39 is 0 Å². The lowest BCUT2D eigenvalue weighted by Gasteiger charge is -2.38. The number of thioether (sulfide) groups is 1. The van der Waals surface area contributed by atoms with Crippen LogP contribution >= 0.6 is 23.4 Å². The lowest BCUT2D eigenvalue weighted by atomic mass is 9.88. The number of carbonyl (C=O) groups is 1. The predicted molar refractivity (Wildman–Crippen MR) is 98.1 cm³/mol. The maximum absolute atomic E-state index is 13.3. The molecule has 3 fully saturated rings. The molecule has 1 aromatic carbocycles. The van der Waals surface area contributed by atoms with E-state index in [2.05, 4.69) is 21.1 Å². The van der Waals surface area contributed by atoms with Crippen LogP contribution in [0.1, 0.15) is 18.0 Å². The first kappa shape index (κ1) is 16.7. The summed E-state index contributed by atoms with van der Waals surface area (Å²) in [4.78, 5) is 15.3. The summed E-state index contributed by atoms with van der Waals surface area (Å²) in [5.74, 6) is 2.49. The van der Waals surface area contributed by atoms with E-state index in [0.717, 1.165) is 42.6 Å². The van der Waals surface area contributed by atoms with E-state index in [1.165, 1.54) is 5.56 Å². The predicted octanol–water partition coefficient (Wildman–Crippen LogP) is 1.41. The van der Waals surface area contributed by atoms with Gasteiger partial charge in [0.1, 0.15) is 6.04 Å². The van der Waals surface area contributed by atoms with Crippen LogP contribution < -0.4 is 16.2 Å². The molecule has 4 unspecified atom stereocenters. The summed E-state index contributed by atoms with van der Waals surface area (Å²) in [6.45, 7) is 2.72. The van der Waals surface area contributed by atoms with E-state index >= 15 is 0 Å². The van der Waals surface area contributed by atoms with Crippen LogP contribution in [-0.4, -0.2) is 54.0 Å². The molecule has 7 heteroatoms. The minimum absolute atomic E-state index is 0.130. The second-order valence-corrected chi connectivity index (χ2v) is 8.29. The molecule has 3 saturated heterocycles. The van der Waals surface area contributed by atoms with E-state index in [1.807, 2.05) is 36.0 Å². The highest BCUT2D eigenvalue weighted by Crippen LogP contribution is 2.32. The normalized spacial score (nSPS) is 33.3. The Morgan fingerprint density at radius 3 is 2.92 bits per heavy atom. The Bertz CT molecular complexity index is 599. The third-order valence-electron chi connectivity index (χ3n) is 5.31. The molecule has 3 aliphatic rings. The van der Waals surface area contributed by atoms with Crippen molar-refractivity contribution in [1.82, 2.24) is 21.1 Å². The summed E-state index contributed by atoms with van der Waals surface area (Å²) in [6.07, 6.45) is 1.07. The number of halogens is 1. The number of piperidine rings is 1. The Balaban J connectivity index is 1.54. The van der Waals surface area contributed by atoms with Gasteiger partial charge in [0, 0.05) is 41.6 Å². The molecule has 0 saturated carbocycles. The van der Waals surface area contributed by atoms with E-state index in [4.69, 9.17) is 11.6 Å². The molecule has 0 spiro atoms. The Kier molecular flexibility index (Phi) is 5.01. The maximum Gasteiger partial charge on any atom is 0.242 e. The third kappa shape index (κ3) is 3.18. The number of hydrogen-bond acceptors (Lipinski definition) is 5. The van der Waals surface area contributed by atoms with Crippen molar-refractivity contribution in [3.63, 3.8) is 0 Å². The smallest absolute Gasteiger partial charge is 0.242 e. The summed E-state index contributed by atoms with van der Waals surface area (Å²) in [7, 11) is 0. The van der Waals surface area contributed by atoms with Gasteiger partial charge in [0.05, 0.1) is 6.04 Å². The lowest BCUT2D eigenvalue weighted by Crippen LogP contribution is -2.53. The van der Waals surface area contributed by atoms with Gasteiger partial charge in [-0.3, -0.25) is 10.2 Å². The van der Waals surface area contributed by atoms with Crippen molar-refractivity contribution in [2.45, 2.75) is 24.5 Å². The maximum atomic E-state index is 13.3. The summed E-state index contributed by atoms with van der Waals surface area (Å²) in [5, 5.41) is 4.16. The van der Waals surface area contributed by atoms with Crippen LogP contribution in [0.2, 0.25) is 5.02 Å². The fourth-order valence-corrected chi connectivity index (χ4v) is 5.18. The van der Waals surface area contributed by atoms with Crippen molar-refractivity contribution in [3.05, 3.63) is 34.9 Å². The van der Waals surface area contributed by atoms with E-state index in [-0.39, 0.29) is 18.0 Å². The number of nitrogens with one attached hydrogen (secondary N) is 3. The zero-order chi connectivity index (χ0) is 16.5. The van der Waals surface area contributed by atoms with Gasteiger partial charge in [-0.25, -0.2) is 5.43 Å². The number of carbonyl (C=O) groups excluding carboxylic acids is 1. The second-order valence-electron chi connectivity index (χ2n) is 6.70. The molecule has 0 radical (unpaired) electrons. The van der Waals surface area contributed by atoms with Crippen LogP contribution in [0.3, 0.4) is 0 Å². The van der Waals surface area contributed by atoms with E-state index in [9.17, 15) is 4.79 Å². The summed E-state index contributed by atoms with van der Waals surface area (Å²) in [5.41, 5.74) is 7.77. The molecule has 0 aliphatic carbocycles. The van der Waals surface area contributed by atoms with Crippen molar-refractivity contribution in [1.29, 1.82) is 0 Å². The molecule has 4 rings (SSSR count).